The summed E-state index contributed by atoms with van der Waals surface area (Å²) in [5.41, 5.74) is 0.401. The second-order valence-corrected chi connectivity index (χ2v) is 5.64. The van der Waals surface area contributed by atoms with Gasteiger partial charge in [0.2, 0.25) is 5.91 Å². The molecule has 1 aliphatic rings. The summed E-state index contributed by atoms with van der Waals surface area (Å²) in [6.07, 6.45) is 1.80. The molecule has 1 aliphatic heterocycles. The molecule has 0 saturated carbocycles. The van der Waals surface area contributed by atoms with Crippen molar-refractivity contribution in [2.75, 3.05) is 11.4 Å². The predicted octanol–water partition coefficient (Wildman–Crippen LogP) is 1.92. The van der Waals surface area contributed by atoms with E-state index < -0.39 is 24.5 Å². The Morgan fingerprint density at radius 3 is 2.85 bits per heavy atom. The summed E-state index contributed by atoms with van der Waals surface area (Å²) in [5, 5.41) is 2.62. The van der Waals surface area contributed by atoms with Gasteiger partial charge in [-0.2, -0.15) is 8.78 Å². The fourth-order valence-electron chi connectivity index (χ4n) is 2.74. The van der Waals surface area contributed by atoms with Gasteiger partial charge in [-0.1, -0.05) is 12.1 Å². The van der Waals surface area contributed by atoms with Crippen LogP contribution in [-0.4, -0.2) is 41.0 Å². The Bertz CT molecular complexity index is 831. The van der Waals surface area contributed by atoms with Crippen molar-refractivity contribution in [2.45, 2.75) is 26.0 Å². The molecular weight excluding hydrogens is 346 g/mol. The number of nitrogens with one attached hydrogen (secondary N) is 1. The SMILES string of the molecule is Cc1nccc(C(=O)N[C@@H]2CCN(c3ccccc3OC(F)F)C2=O)n1. The molecule has 2 heterocycles. The third-order valence-corrected chi connectivity index (χ3v) is 3.89. The number of alkyl halides is 2. The van der Waals surface area contributed by atoms with Gasteiger partial charge >= 0.3 is 6.61 Å². The van der Waals surface area contributed by atoms with Gasteiger partial charge in [0.15, 0.2) is 0 Å². The van der Waals surface area contributed by atoms with E-state index in [9.17, 15) is 18.4 Å². The van der Waals surface area contributed by atoms with E-state index in [1.54, 1.807) is 19.1 Å². The molecule has 7 nitrogen and oxygen atoms in total. The van der Waals surface area contributed by atoms with Gasteiger partial charge < -0.3 is 15.0 Å². The zero-order valence-corrected chi connectivity index (χ0v) is 13.9. The molecule has 1 N–H and O–H groups in total. The summed E-state index contributed by atoms with van der Waals surface area (Å²) in [6.45, 7) is -1.07. The van der Waals surface area contributed by atoms with Crippen molar-refractivity contribution in [3.63, 3.8) is 0 Å². The summed E-state index contributed by atoms with van der Waals surface area (Å²) in [7, 11) is 0. The van der Waals surface area contributed by atoms with Crippen LogP contribution in [0.4, 0.5) is 14.5 Å². The molecule has 1 saturated heterocycles. The summed E-state index contributed by atoms with van der Waals surface area (Å²) >= 11 is 0. The maximum absolute atomic E-state index is 12.6. The van der Waals surface area contributed by atoms with Gasteiger partial charge in [-0.15, -0.1) is 0 Å². The number of hydrogen-bond donors (Lipinski definition) is 1. The van der Waals surface area contributed by atoms with Crippen LogP contribution < -0.4 is 15.0 Å². The van der Waals surface area contributed by atoms with Crippen LogP contribution >= 0.6 is 0 Å². The highest BCUT2D eigenvalue weighted by molar-refractivity contribution is 6.04. The van der Waals surface area contributed by atoms with Gasteiger partial charge in [-0.05, 0) is 31.5 Å². The fourth-order valence-corrected chi connectivity index (χ4v) is 2.74. The minimum absolute atomic E-state index is 0.0887. The first-order valence-electron chi connectivity index (χ1n) is 7.91. The summed E-state index contributed by atoms with van der Waals surface area (Å²) in [6, 6.07) is 6.73. The van der Waals surface area contributed by atoms with E-state index in [4.69, 9.17) is 0 Å². The van der Waals surface area contributed by atoms with Crippen molar-refractivity contribution in [1.29, 1.82) is 0 Å². The van der Waals surface area contributed by atoms with Crippen LogP contribution in [-0.2, 0) is 4.79 Å². The van der Waals surface area contributed by atoms with E-state index in [0.717, 1.165) is 0 Å². The predicted molar refractivity (Wildman–Crippen MR) is 88.1 cm³/mol. The highest BCUT2D eigenvalue weighted by atomic mass is 19.3. The van der Waals surface area contributed by atoms with Gasteiger partial charge in [0.05, 0.1) is 5.69 Å². The van der Waals surface area contributed by atoms with Crippen molar-refractivity contribution in [2.24, 2.45) is 0 Å². The number of carbonyl (C=O) groups excluding carboxylic acids is 2. The number of amides is 2. The summed E-state index contributed by atoms with van der Waals surface area (Å²) in [4.78, 5) is 34.1. The Kier molecular flexibility index (Phi) is 5.06. The molecule has 2 amide bonds. The quantitative estimate of drug-likeness (QED) is 0.879. The van der Waals surface area contributed by atoms with Crippen LogP contribution in [0.15, 0.2) is 36.5 Å². The van der Waals surface area contributed by atoms with Crippen LogP contribution in [0, 0.1) is 6.92 Å². The molecule has 0 aliphatic carbocycles. The highest BCUT2D eigenvalue weighted by Crippen LogP contribution is 2.32. The molecule has 0 bridgehead atoms. The van der Waals surface area contributed by atoms with Crippen molar-refractivity contribution >= 4 is 17.5 Å². The Labute approximate surface area is 148 Å². The molecule has 1 fully saturated rings. The number of benzene rings is 1. The normalized spacial score (nSPS) is 16.8. The maximum atomic E-state index is 12.6. The number of aryl methyl sites for hydroxylation is 1. The molecule has 0 unspecified atom stereocenters. The molecule has 26 heavy (non-hydrogen) atoms. The number of aromatic nitrogens is 2. The first kappa shape index (κ1) is 17.7. The van der Waals surface area contributed by atoms with E-state index in [1.165, 1.54) is 29.3 Å². The smallest absolute Gasteiger partial charge is 0.387 e. The molecule has 0 radical (unpaired) electrons. The lowest BCUT2D eigenvalue weighted by atomic mass is 10.2. The highest BCUT2D eigenvalue weighted by Gasteiger charge is 2.35. The number of ether oxygens (including phenoxy) is 1. The number of carbonyl (C=O) groups is 2. The number of halogens is 2. The lowest BCUT2D eigenvalue weighted by Crippen LogP contribution is -2.42. The van der Waals surface area contributed by atoms with Gasteiger partial charge in [0.25, 0.3) is 5.91 Å². The van der Waals surface area contributed by atoms with Crippen LogP contribution in [0.1, 0.15) is 22.7 Å². The van der Waals surface area contributed by atoms with Crippen LogP contribution in [0.2, 0.25) is 0 Å². The summed E-state index contributed by atoms with van der Waals surface area (Å²) < 4.78 is 29.6. The number of rotatable bonds is 5. The van der Waals surface area contributed by atoms with Crippen molar-refractivity contribution in [3.8, 4) is 5.75 Å². The second-order valence-electron chi connectivity index (χ2n) is 5.64. The third kappa shape index (κ3) is 3.76. The average molecular weight is 362 g/mol. The van der Waals surface area contributed by atoms with E-state index in [2.05, 4.69) is 20.0 Å². The van der Waals surface area contributed by atoms with Crippen molar-refractivity contribution in [1.82, 2.24) is 15.3 Å². The van der Waals surface area contributed by atoms with Crippen LogP contribution in [0.3, 0.4) is 0 Å². The van der Waals surface area contributed by atoms with E-state index in [0.29, 0.717) is 12.2 Å². The van der Waals surface area contributed by atoms with Gasteiger partial charge in [0.1, 0.15) is 23.3 Å². The van der Waals surface area contributed by atoms with E-state index in [-0.39, 0.29) is 23.7 Å². The Balaban J connectivity index is 1.74. The average Bonchev–Trinajstić information content (AvgIpc) is 2.95. The Morgan fingerprint density at radius 1 is 1.35 bits per heavy atom. The van der Waals surface area contributed by atoms with Gasteiger partial charge in [-0.25, -0.2) is 9.97 Å². The molecule has 0 spiro atoms. The van der Waals surface area contributed by atoms with Crippen LogP contribution in [0.5, 0.6) is 5.75 Å². The third-order valence-electron chi connectivity index (χ3n) is 3.89. The first-order chi connectivity index (χ1) is 12.5. The molecule has 1 atom stereocenters. The maximum Gasteiger partial charge on any atom is 0.387 e. The van der Waals surface area contributed by atoms with Gasteiger partial charge in [-0.3, -0.25) is 9.59 Å². The number of hydrogen-bond acceptors (Lipinski definition) is 5. The van der Waals surface area contributed by atoms with Crippen molar-refractivity contribution < 1.29 is 23.1 Å². The number of anilines is 1. The number of para-hydroxylation sites is 2. The minimum Gasteiger partial charge on any atom is -0.433 e. The molecule has 1 aromatic carbocycles. The molecular formula is C17H16F2N4O3. The monoisotopic (exact) mass is 362 g/mol. The topological polar surface area (TPSA) is 84.4 Å². The van der Waals surface area contributed by atoms with Crippen LogP contribution in [0.25, 0.3) is 0 Å². The standard InChI is InChI=1S/C17H16F2N4O3/c1-10-20-8-6-11(21-10)15(24)22-12-7-9-23(16(12)25)13-4-2-3-5-14(13)26-17(18)19/h2-6,8,12,17H,7,9H2,1H3,(H,22,24)/t12-/m1/s1. The van der Waals surface area contributed by atoms with E-state index in [1.807, 2.05) is 0 Å². The zero-order chi connectivity index (χ0) is 18.7. The molecule has 9 heteroatoms. The second kappa shape index (κ2) is 7.42. The fraction of sp³-hybridized carbons (Fsp3) is 0.294. The Morgan fingerprint density at radius 2 is 2.12 bits per heavy atom. The van der Waals surface area contributed by atoms with Crippen molar-refractivity contribution in [3.05, 3.63) is 48.0 Å². The van der Waals surface area contributed by atoms with E-state index >= 15 is 0 Å². The summed E-state index contributed by atoms with van der Waals surface area (Å²) in [5.74, 6) is -0.536. The van der Waals surface area contributed by atoms with Gasteiger partial charge in [0, 0.05) is 12.7 Å². The number of nitrogens with zero attached hydrogens (tertiary/aromatic N) is 3. The molecule has 2 aromatic rings. The molecule has 136 valence electrons. The molecule has 3 rings (SSSR count). The lowest BCUT2D eigenvalue weighted by molar-refractivity contribution is -0.118. The Hall–Kier alpha value is -3.10. The zero-order valence-electron chi connectivity index (χ0n) is 13.9. The lowest BCUT2D eigenvalue weighted by Gasteiger charge is -2.20. The largest absolute Gasteiger partial charge is 0.433 e. The first-order valence-corrected chi connectivity index (χ1v) is 7.91. The minimum atomic E-state index is -3.00. The molecule has 1 aromatic heterocycles.